The Balaban J connectivity index is 1.18. The molecule has 0 radical (unpaired) electrons. The van der Waals surface area contributed by atoms with Crippen LogP contribution in [0.5, 0.6) is 0 Å². The zero-order valence-corrected chi connectivity index (χ0v) is 18.5. The Labute approximate surface area is 186 Å². The van der Waals surface area contributed by atoms with E-state index in [0.717, 1.165) is 73.4 Å². The Bertz CT molecular complexity index is 909. The van der Waals surface area contributed by atoms with Gasteiger partial charge in [-0.05, 0) is 73.0 Å². The molecule has 2 aromatic rings. The number of hydrogen-bond donors (Lipinski definition) is 1. The van der Waals surface area contributed by atoms with Gasteiger partial charge in [0, 0.05) is 41.0 Å². The fourth-order valence-corrected chi connectivity index (χ4v) is 5.58. The molecular weight excluding hydrogens is 416 g/mol. The van der Waals surface area contributed by atoms with E-state index in [1.165, 1.54) is 4.90 Å². The summed E-state index contributed by atoms with van der Waals surface area (Å²) in [4.78, 5) is 16.3. The lowest BCUT2D eigenvalue weighted by Gasteiger charge is -2.46. The third-order valence-electron chi connectivity index (χ3n) is 6.26. The second-order valence-electron chi connectivity index (χ2n) is 8.39. The molecular formula is C23H26N2O3S2. The Morgan fingerprint density at radius 1 is 1.00 bits per heavy atom. The van der Waals surface area contributed by atoms with Gasteiger partial charge in [0.1, 0.15) is 6.61 Å². The van der Waals surface area contributed by atoms with Crippen LogP contribution >= 0.6 is 24.0 Å². The average Bonchev–Trinajstić information content (AvgIpc) is 3.63. The first-order valence-electron chi connectivity index (χ1n) is 10.5. The number of rotatable bonds is 5. The second kappa shape index (κ2) is 8.55. The standard InChI is InChI=1S/C23H26N2O3S2/c26-22-15-28-23(16-25(22)19-6-7-19)10-12-24(13-11-23)29-20-8-4-17(5-9-20)18-2-1-3-21(14-18)30-27/h1-5,8-9,14,19,27H,6-7,10-13,15-16H2. The molecule has 0 atom stereocenters. The van der Waals surface area contributed by atoms with Gasteiger partial charge in [0.2, 0.25) is 5.91 Å². The number of morpholine rings is 1. The van der Waals surface area contributed by atoms with Crippen LogP contribution in [0.25, 0.3) is 11.1 Å². The summed E-state index contributed by atoms with van der Waals surface area (Å²) in [5, 5.41) is 0. The van der Waals surface area contributed by atoms with E-state index in [4.69, 9.17) is 4.74 Å². The van der Waals surface area contributed by atoms with Crippen molar-refractivity contribution in [3.8, 4) is 11.1 Å². The number of hydrogen-bond acceptors (Lipinski definition) is 6. The van der Waals surface area contributed by atoms with Gasteiger partial charge in [-0.1, -0.05) is 24.3 Å². The Kier molecular flexibility index (Phi) is 5.82. The van der Waals surface area contributed by atoms with Crippen molar-refractivity contribution in [2.24, 2.45) is 0 Å². The van der Waals surface area contributed by atoms with E-state index in [2.05, 4.69) is 39.5 Å². The summed E-state index contributed by atoms with van der Waals surface area (Å²) in [5.74, 6) is 0.170. The van der Waals surface area contributed by atoms with Gasteiger partial charge in [0.25, 0.3) is 0 Å². The van der Waals surface area contributed by atoms with Crippen LogP contribution in [0.2, 0.25) is 0 Å². The van der Waals surface area contributed by atoms with Crippen LogP contribution in [0.1, 0.15) is 25.7 Å². The first kappa shape index (κ1) is 20.4. The molecule has 1 spiro atoms. The van der Waals surface area contributed by atoms with E-state index in [1.807, 2.05) is 18.2 Å². The first-order valence-corrected chi connectivity index (χ1v) is 12.1. The maximum atomic E-state index is 12.1. The molecule has 1 saturated carbocycles. The highest BCUT2D eigenvalue weighted by atomic mass is 32.2. The number of carbonyl (C=O) groups excluding carboxylic acids is 1. The molecule has 0 aromatic heterocycles. The van der Waals surface area contributed by atoms with Gasteiger partial charge in [-0.3, -0.25) is 4.79 Å². The Morgan fingerprint density at radius 3 is 2.47 bits per heavy atom. The van der Waals surface area contributed by atoms with Crippen LogP contribution in [0.15, 0.2) is 58.3 Å². The zero-order chi connectivity index (χ0) is 20.6. The van der Waals surface area contributed by atoms with Crippen molar-refractivity contribution in [1.82, 2.24) is 9.21 Å². The smallest absolute Gasteiger partial charge is 0.248 e. The third kappa shape index (κ3) is 4.41. The molecule has 0 bridgehead atoms. The number of nitrogens with zero attached hydrogens (tertiary/aromatic N) is 2. The summed E-state index contributed by atoms with van der Waals surface area (Å²) in [6.07, 6.45) is 4.26. The minimum Gasteiger partial charge on any atom is -0.363 e. The van der Waals surface area contributed by atoms with Gasteiger partial charge in [0.15, 0.2) is 0 Å². The molecule has 1 aliphatic carbocycles. The second-order valence-corrected chi connectivity index (χ2v) is 10.2. The van der Waals surface area contributed by atoms with Crippen LogP contribution in [0.4, 0.5) is 0 Å². The quantitative estimate of drug-likeness (QED) is 0.531. The summed E-state index contributed by atoms with van der Waals surface area (Å²) in [6.45, 7) is 2.96. The van der Waals surface area contributed by atoms with Crippen LogP contribution in [-0.2, 0) is 9.53 Å². The molecule has 3 fully saturated rings. The summed E-state index contributed by atoms with van der Waals surface area (Å²) in [6, 6.07) is 17.0. The predicted octanol–water partition coefficient (Wildman–Crippen LogP) is 4.78. The minimum atomic E-state index is -0.146. The lowest BCUT2D eigenvalue weighted by atomic mass is 9.90. The van der Waals surface area contributed by atoms with Crippen LogP contribution in [0, 0.1) is 0 Å². The lowest BCUT2D eigenvalue weighted by Crippen LogP contribution is -2.58. The molecule has 2 heterocycles. The van der Waals surface area contributed by atoms with E-state index in [1.54, 1.807) is 11.9 Å². The van der Waals surface area contributed by atoms with Gasteiger partial charge in [-0.2, -0.15) is 0 Å². The van der Waals surface area contributed by atoms with Gasteiger partial charge in [0.05, 0.1) is 12.1 Å². The van der Waals surface area contributed by atoms with Crippen molar-refractivity contribution < 1.29 is 14.1 Å². The van der Waals surface area contributed by atoms with Crippen LogP contribution < -0.4 is 0 Å². The molecule has 1 N–H and O–H groups in total. The largest absolute Gasteiger partial charge is 0.363 e. The fraction of sp³-hybridized carbons (Fsp3) is 0.435. The number of piperidine rings is 1. The minimum absolute atomic E-state index is 0.146. The highest BCUT2D eigenvalue weighted by molar-refractivity contribution is 7.97. The van der Waals surface area contributed by atoms with E-state index < -0.39 is 0 Å². The van der Waals surface area contributed by atoms with E-state index in [-0.39, 0.29) is 18.1 Å². The highest BCUT2D eigenvalue weighted by Gasteiger charge is 2.46. The molecule has 2 aliphatic heterocycles. The third-order valence-corrected chi connectivity index (χ3v) is 7.83. The van der Waals surface area contributed by atoms with Crippen molar-refractivity contribution >= 4 is 29.9 Å². The number of ether oxygens (including phenoxy) is 1. The molecule has 0 unspecified atom stereocenters. The number of amides is 1. The van der Waals surface area contributed by atoms with E-state index in [0.29, 0.717) is 6.04 Å². The van der Waals surface area contributed by atoms with Gasteiger partial charge >= 0.3 is 0 Å². The first-order chi connectivity index (χ1) is 14.6. The van der Waals surface area contributed by atoms with Gasteiger partial charge in [-0.25, -0.2) is 4.31 Å². The molecule has 3 aliphatic rings. The molecule has 30 heavy (non-hydrogen) atoms. The van der Waals surface area contributed by atoms with Crippen LogP contribution in [-0.4, -0.2) is 57.5 Å². The maximum Gasteiger partial charge on any atom is 0.248 e. The summed E-state index contributed by atoms with van der Waals surface area (Å²) < 4.78 is 17.7. The van der Waals surface area contributed by atoms with Gasteiger partial charge in [-0.15, -0.1) is 0 Å². The molecule has 2 aromatic carbocycles. The molecule has 5 rings (SSSR count). The fourth-order valence-electron chi connectivity index (χ4n) is 4.34. The van der Waals surface area contributed by atoms with E-state index >= 15 is 0 Å². The number of carbonyl (C=O) groups is 1. The zero-order valence-electron chi connectivity index (χ0n) is 16.8. The van der Waals surface area contributed by atoms with Crippen molar-refractivity contribution in [2.75, 3.05) is 26.2 Å². The normalized spacial score (nSPS) is 21.9. The Morgan fingerprint density at radius 2 is 1.77 bits per heavy atom. The molecule has 5 nitrogen and oxygen atoms in total. The van der Waals surface area contributed by atoms with Crippen LogP contribution in [0.3, 0.4) is 0 Å². The number of benzene rings is 2. The molecule has 158 valence electrons. The monoisotopic (exact) mass is 442 g/mol. The Hall–Kier alpha value is -1.51. The summed E-state index contributed by atoms with van der Waals surface area (Å²) >= 11 is 2.57. The average molecular weight is 443 g/mol. The molecule has 1 amide bonds. The van der Waals surface area contributed by atoms with Crippen molar-refractivity contribution in [3.63, 3.8) is 0 Å². The van der Waals surface area contributed by atoms with Crippen molar-refractivity contribution in [3.05, 3.63) is 48.5 Å². The maximum absolute atomic E-state index is 12.1. The highest BCUT2D eigenvalue weighted by Crippen LogP contribution is 2.38. The predicted molar refractivity (Wildman–Crippen MR) is 120 cm³/mol. The van der Waals surface area contributed by atoms with Crippen molar-refractivity contribution in [1.29, 1.82) is 0 Å². The summed E-state index contributed by atoms with van der Waals surface area (Å²) in [7, 11) is 0. The topological polar surface area (TPSA) is 53.0 Å². The summed E-state index contributed by atoms with van der Waals surface area (Å²) in [5.41, 5.74) is 2.11. The van der Waals surface area contributed by atoms with Gasteiger partial charge < -0.3 is 14.2 Å². The molecule has 2 saturated heterocycles. The SMILES string of the molecule is O=C1COC2(CCN(Sc3ccc(-c4cccc(SO)c4)cc3)CC2)CN1C1CC1. The molecule has 7 heteroatoms. The van der Waals surface area contributed by atoms with Crippen molar-refractivity contribution in [2.45, 2.75) is 47.1 Å². The lowest BCUT2D eigenvalue weighted by molar-refractivity contribution is -0.170. The van der Waals surface area contributed by atoms with E-state index in [9.17, 15) is 9.35 Å².